The van der Waals surface area contributed by atoms with E-state index in [4.69, 9.17) is 8.83 Å². The second-order valence-corrected chi connectivity index (χ2v) is 20.1. The first-order chi connectivity index (χ1) is 35.2. The Kier molecular flexibility index (Phi) is 8.13. The summed E-state index contributed by atoms with van der Waals surface area (Å²) in [4.78, 5) is 0. The second-order valence-electron chi connectivity index (χ2n) is 19.1. The minimum Gasteiger partial charge on any atom is -0.458 e. The van der Waals surface area contributed by atoms with E-state index in [0.29, 0.717) is 0 Å². The number of hydrogen-bond acceptors (Lipinski definition) is 3. The molecule has 5 aromatic heterocycles. The summed E-state index contributed by atoms with van der Waals surface area (Å²) in [6, 6.07) is 77.9. The van der Waals surface area contributed by atoms with Crippen LogP contribution in [0.3, 0.4) is 0 Å². The molecule has 0 fully saturated rings. The van der Waals surface area contributed by atoms with Gasteiger partial charge in [0.25, 0.3) is 0 Å². The average molecular weight is 925 g/mol. The van der Waals surface area contributed by atoms with Gasteiger partial charge in [-0.25, -0.2) is 0 Å². The lowest BCUT2D eigenvalue weighted by atomic mass is 9.91. The molecular weight excluding hydrogens is 885 g/mol. The first kappa shape index (κ1) is 39.0. The van der Waals surface area contributed by atoms with Crippen LogP contribution in [0.4, 0.5) is 0 Å². The molecule has 1 atom stereocenters. The zero-order valence-electron chi connectivity index (χ0n) is 38.3. The van der Waals surface area contributed by atoms with Crippen molar-refractivity contribution in [1.29, 1.82) is 0 Å². The van der Waals surface area contributed by atoms with Crippen LogP contribution in [-0.2, 0) is 0 Å². The third-order valence-electron chi connectivity index (χ3n) is 15.2. The van der Waals surface area contributed by atoms with Crippen LogP contribution in [0.15, 0.2) is 227 Å². The highest BCUT2D eigenvalue weighted by Crippen LogP contribution is 2.48. The van der Waals surface area contributed by atoms with Gasteiger partial charge in [0, 0.05) is 74.6 Å². The van der Waals surface area contributed by atoms with Crippen molar-refractivity contribution in [1.82, 2.24) is 9.13 Å². The molecule has 16 rings (SSSR count). The summed E-state index contributed by atoms with van der Waals surface area (Å²) < 4.78 is 20.6. The van der Waals surface area contributed by atoms with Gasteiger partial charge in [0.05, 0.1) is 22.6 Å². The van der Waals surface area contributed by atoms with Crippen LogP contribution in [-0.4, -0.2) is 9.13 Å². The summed E-state index contributed by atoms with van der Waals surface area (Å²) in [6.45, 7) is 0. The smallest absolute Gasteiger partial charge is 0.135 e. The van der Waals surface area contributed by atoms with Crippen LogP contribution in [0.5, 0.6) is 0 Å². The first-order valence-electron chi connectivity index (χ1n) is 24.4. The summed E-state index contributed by atoms with van der Waals surface area (Å²) >= 11 is 1.89. The molecule has 0 saturated heterocycles. The molecular formula is C66H40N2O2S. The summed E-state index contributed by atoms with van der Waals surface area (Å²) in [6.07, 6.45) is 5.41. The molecule has 0 aliphatic heterocycles. The van der Waals surface area contributed by atoms with Gasteiger partial charge in [0.1, 0.15) is 22.5 Å². The Bertz CT molecular complexity index is 4760. The zero-order valence-corrected chi connectivity index (χ0v) is 39.1. The van der Waals surface area contributed by atoms with Gasteiger partial charge in [0.2, 0.25) is 0 Å². The Morgan fingerprint density at radius 1 is 0.408 bits per heavy atom. The van der Waals surface area contributed by atoms with Crippen molar-refractivity contribution in [3.05, 3.63) is 230 Å². The number of para-hydroxylation sites is 4. The molecule has 0 spiro atoms. The fourth-order valence-electron chi connectivity index (χ4n) is 12.1. The van der Waals surface area contributed by atoms with E-state index in [-0.39, 0.29) is 6.04 Å². The molecule has 0 N–H and O–H groups in total. The van der Waals surface area contributed by atoms with Crippen LogP contribution in [0.1, 0.15) is 23.8 Å². The Balaban J connectivity index is 0.929. The minimum atomic E-state index is 0.00214. The highest BCUT2D eigenvalue weighted by molar-refractivity contribution is 7.26. The minimum absolute atomic E-state index is 0.00214. The molecule has 0 amide bonds. The Morgan fingerprint density at radius 3 is 1.94 bits per heavy atom. The third kappa shape index (κ3) is 5.66. The van der Waals surface area contributed by atoms with E-state index in [2.05, 4.69) is 221 Å². The average Bonchev–Trinajstić information content (AvgIpc) is 4.25. The molecule has 332 valence electrons. The number of thiophene rings is 1. The van der Waals surface area contributed by atoms with Gasteiger partial charge in [-0.15, -0.1) is 11.3 Å². The van der Waals surface area contributed by atoms with Crippen LogP contribution < -0.4 is 0 Å². The van der Waals surface area contributed by atoms with Crippen molar-refractivity contribution in [3.63, 3.8) is 0 Å². The maximum atomic E-state index is 6.76. The normalized spacial score (nSPS) is 13.9. The lowest BCUT2D eigenvalue weighted by molar-refractivity contribution is 0.461. The van der Waals surface area contributed by atoms with Gasteiger partial charge < -0.3 is 18.0 Å². The van der Waals surface area contributed by atoms with Crippen LogP contribution in [0.2, 0.25) is 0 Å². The molecule has 5 heterocycles. The van der Waals surface area contributed by atoms with E-state index in [1.165, 1.54) is 97.2 Å². The SMILES string of the molecule is C1=Cc2c(oc3ccccc23)C(n2c3ccccc3c3c(-c4cc(-c5ccc6c(c5)c5ccccc5n6-c5ccc6oc7ccccc7c6c5)cc(-c5cccc6c5sc5ccccc56)c4)cccc32)C1. The van der Waals surface area contributed by atoms with E-state index in [0.717, 1.165) is 56.3 Å². The third-order valence-corrected chi connectivity index (χ3v) is 16.5. The number of rotatable bonds is 5. The summed E-state index contributed by atoms with van der Waals surface area (Å²) in [5.74, 6) is 1.02. The lowest BCUT2D eigenvalue weighted by Crippen LogP contribution is -2.12. The van der Waals surface area contributed by atoms with E-state index in [9.17, 15) is 0 Å². The topological polar surface area (TPSA) is 36.1 Å². The quantitative estimate of drug-likeness (QED) is 0.172. The fraction of sp³-hybridized carbons (Fsp3) is 0.0303. The van der Waals surface area contributed by atoms with Gasteiger partial charge in [-0.05, 0) is 125 Å². The van der Waals surface area contributed by atoms with Crippen molar-refractivity contribution in [2.45, 2.75) is 12.5 Å². The maximum absolute atomic E-state index is 6.76. The van der Waals surface area contributed by atoms with Crippen molar-refractivity contribution in [3.8, 4) is 39.1 Å². The monoisotopic (exact) mass is 924 g/mol. The molecule has 0 saturated carbocycles. The van der Waals surface area contributed by atoms with Crippen molar-refractivity contribution >= 4 is 114 Å². The van der Waals surface area contributed by atoms with Crippen molar-refractivity contribution in [2.75, 3.05) is 0 Å². The first-order valence-corrected chi connectivity index (χ1v) is 25.2. The van der Waals surface area contributed by atoms with Gasteiger partial charge in [-0.2, -0.15) is 0 Å². The fourth-order valence-corrected chi connectivity index (χ4v) is 13.4. The van der Waals surface area contributed by atoms with Gasteiger partial charge in [-0.3, -0.25) is 0 Å². The molecule has 71 heavy (non-hydrogen) atoms. The van der Waals surface area contributed by atoms with Crippen LogP contribution in [0, 0.1) is 0 Å². The largest absolute Gasteiger partial charge is 0.458 e. The predicted octanol–water partition coefficient (Wildman–Crippen LogP) is 18.9. The van der Waals surface area contributed by atoms with Crippen molar-refractivity contribution in [2.24, 2.45) is 0 Å². The summed E-state index contributed by atoms with van der Waals surface area (Å²) in [5, 5.41) is 10.9. The number of furan rings is 2. The Labute approximate surface area is 411 Å². The molecule has 10 aromatic carbocycles. The number of fused-ring (bicyclic) bond motifs is 15. The molecule has 15 aromatic rings. The van der Waals surface area contributed by atoms with Gasteiger partial charge >= 0.3 is 0 Å². The van der Waals surface area contributed by atoms with Crippen molar-refractivity contribution < 1.29 is 8.83 Å². The number of hydrogen-bond donors (Lipinski definition) is 0. The summed E-state index contributed by atoms with van der Waals surface area (Å²) in [5.41, 5.74) is 16.9. The highest BCUT2D eigenvalue weighted by atomic mass is 32.1. The molecule has 1 aliphatic carbocycles. The number of allylic oxidation sites excluding steroid dienone is 1. The Hall–Kier alpha value is -8.90. The molecule has 1 aliphatic rings. The Morgan fingerprint density at radius 2 is 1.06 bits per heavy atom. The second kappa shape index (κ2) is 14.8. The molecule has 0 bridgehead atoms. The lowest BCUT2D eigenvalue weighted by Gasteiger charge is -2.22. The zero-order chi connectivity index (χ0) is 46.3. The van der Waals surface area contributed by atoms with Gasteiger partial charge in [-0.1, -0.05) is 140 Å². The molecule has 0 radical (unpaired) electrons. The van der Waals surface area contributed by atoms with E-state index in [1.54, 1.807) is 0 Å². The van der Waals surface area contributed by atoms with Crippen LogP contribution >= 0.6 is 11.3 Å². The number of nitrogens with zero attached hydrogens (tertiary/aromatic N) is 2. The highest BCUT2D eigenvalue weighted by Gasteiger charge is 2.29. The van der Waals surface area contributed by atoms with Crippen LogP contribution in [0.25, 0.3) is 142 Å². The number of benzene rings is 10. The van der Waals surface area contributed by atoms with E-state index in [1.807, 2.05) is 23.5 Å². The van der Waals surface area contributed by atoms with E-state index < -0.39 is 0 Å². The molecule has 5 heteroatoms. The van der Waals surface area contributed by atoms with Gasteiger partial charge in [0.15, 0.2) is 0 Å². The number of aromatic nitrogens is 2. The standard InChI is InChI=1S/C66H40N2O2S/c1-6-23-55-46(14-1)53-37-39(30-32-57(53)67(55)43-31-33-62-54(38-43)48-16-4-8-27-60(48)69-62)40-34-41(36-42(35-40)45-20-11-22-51-49-17-5-10-29-63(49)71-66(45)51)44-19-12-25-58-64(44)52-18-2-7-24-56(52)68(58)59-26-13-21-50-47-15-3-9-28-61(47)70-65(50)59/h1-25,27-38,59H,26H2. The molecule has 4 nitrogen and oxygen atoms in total. The summed E-state index contributed by atoms with van der Waals surface area (Å²) in [7, 11) is 0. The van der Waals surface area contributed by atoms with E-state index >= 15 is 0 Å². The predicted molar refractivity (Wildman–Crippen MR) is 298 cm³/mol. The molecule has 1 unspecified atom stereocenters. The maximum Gasteiger partial charge on any atom is 0.135 e.